The van der Waals surface area contributed by atoms with E-state index in [1.807, 2.05) is 4.90 Å². The second-order valence-electron chi connectivity index (χ2n) is 3.03. The smallest absolute Gasteiger partial charge is 0.245 e. The van der Waals surface area contributed by atoms with Crippen LogP contribution in [-0.2, 0) is 4.79 Å². The van der Waals surface area contributed by atoms with Crippen molar-refractivity contribution in [2.45, 2.75) is 26.2 Å². The van der Waals surface area contributed by atoms with Crippen molar-refractivity contribution >= 4 is 5.91 Å². The molecule has 0 aromatic heterocycles. The van der Waals surface area contributed by atoms with Gasteiger partial charge in [-0.1, -0.05) is 19.9 Å². The van der Waals surface area contributed by atoms with Crippen LogP contribution in [0, 0.1) is 0 Å². The number of unbranched alkanes of at least 4 members (excludes halogenated alkanes) is 1. The molecule has 0 saturated carbocycles. The second kappa shape index (κ2) is 7.80. The van der Waals surface area contributed by atoms with Crippen LogP contribution in [0.5, 0.6) is 0 Å². The van der Waals surface area contributed by atoms with E-state index in [-0.39, 0.29) is 5.91 Å². The van der Waals surface area contributed by atoms with Gasteiger partial charge >= 0.3 is 0 Å². The van der Waals surface area contributed by atoms with Gasteiger partial charge in [-0.25, -0.2) is 0 Å². The van der Waals surface area contributed by atoms with Crippen LogP contribution in [0.25, 0.3) is 0 Å². The second-order valence-corrected chi connectivity index (χ2v) is 3.03. The van der Waals surface area contributed by atoms with Crippen LogP contribution in [0.3, 0.4) is 0 Å². The van der Waals surface area contributed by atoms with Gasteiger partial charge in [0.2, 0.25) is 5.91 Å². The minimum Gasteiger partial charge on any atom is -0.339 e. The van der Waals surface area contributed by atoms with Gasteiger partial charge in [-0.2, -0.15) is 0 Å². The van der Waals surface area contributed by atoms with E-state index in [1.54, 1.807) is 0 Å². The van der Waals surface area contributed by atoms with Crippen LogP contribution in [-0.4, -0.2) is 30.4 Å². The summed E-state index contributed by atoms with van der Waals surface area (Å²) in [6, 6.07) is 0. The lowest BCUT2D eigenvalue weighted by atomic mass is 10.3. The van der Waals surface area contributed by atoms with Crippen LogP contribution in [0.1, 0.15) is 26.2 Å². The van der Waals surface area contributed by atoms with E-state index in [0.29, 0.717) is 6.54 Å². The van der Waals surface area contributed by atoms with Crippen LogP contribution in [0.15, 0.2) is 12.7 Å². The average Bonchev–Trinajstić information content (AvgIpc) is 2.17. The van der Waals surface area contributed by atoms with Gasteiger partial charge < -0.3 is 10.6 Å². The Morgan fingerprint density at radius 1 is 1.46 bits per heavy atom. The molecular formula is C10H20N2O. The van der Waals surface area contributed by atoms with Crippen molar-refractivity contribution in [1.29, 1.82) is 0 Å². The zero-order valence-electron chi connectivity index (χ0n) is 8.46. The molecule has 0 unspecified atom stereocenters. The lowest BCUT2D eigenvalue weighted by Crippen LogP contribution is -2.32. The zero-order chi connectivity index (χ0) is 10.1. The molecule has 76 valence electrons. The minimum atomic E-state index is 0.0156. The summed E-state index contributed by atoms with van der Waals surface area (Å²) in [5.41, 5.74) is 5.38. The highest BCUT2D eigenvalue weighted by Gasteiger charge is 2.07. The fraction of sp³-hybridized carbons (Fsp3) is 0.700. The van der Waals surface area contributed by atoms with Crippen LogP contribution in [0.2, 0.25) is 0 Å². The molecule has 0 bridgehead atoms. The molecule has 0 saturated heterocycles. The summed E-state index contributed by atoms with van der Waals surface area (Å²) < 4.78 is 0. The number of hydrogen-bond donors (Lipinski definition) is 1. The van der Waals surface area contributed by atoms with Gasteiger partial charge in [0.25, 0.3) is 0 Å². The van der Waals surface area contributed by atoms with Crippen LogP contribution < -0.4 is 5.73 Å². The summed E-state index contributed by atoms with van der Waals surface area (Å²) in [4.78, 5) is 13.1. The molecule has 13 heavy (non-hydrogen) atoms. The first-order valence-corrected chi connectivity index (χ1v) is 4.87. The van der Waals surface area contributed by atoms with E-state index in [0.717, 1.165) is 32.4 Å². The maximum absolute atomic E-state index is 11.3. The average molecular weight is 184 g/mol. The number of amides is 1. The molecule has 0 aromatic rings. The fourth-order valence-electron chi connectivity index (χ4n) is 1.09. The van der Waals surface area contributed by atoms with Gasteiger partial charge in [0.15, 0.2) is 0 Å². The highest BCUT2D eigenvalue weighted by Crippen LogP contribution is 1.97. The molecule has 0 spiro atoms. The predicted molar refractivity (Wildman–Crippen MR) is 55.4 cm³/mol. The summed E-state index contributed by atoms with van der Waals surface area (Å²) in [5, 5.41) is 0. The van der Waals surface area contributed by atoms with E-state index < -0.39 is 0 Å². The Bertz CT molecular complexity index is 149. The van der Waals surface area contributed by atoms with E-state index in [2.05, 4.69) is 13.5 Å². The Labute approximate surface area is 80.6 Å². The van der Waals surface area contributed by atoms with Gasteiger partial charge in [-0.05, 0) is 25.5 Å². The first-order chi connectivity index (χ1) is 6.26. The Kier molecular flexibility index (Phi) is 7.30. The molecule has 0 aromatic carbocycles. The van der Waals surface area contributed by atoms with Crippen LogP contribution in [0.4, 0.5) is 0 Å². The molecule has 3 heteroatoms. The maximum Gasteiger partial charge on any atom is 0.245 e. The molecule has 0 radical (unpaired) electrons. The maximum atomic E-state index is 11.3. The largest absolute Gasteiger partial charge is 0.339 e. The molecule has 1 amide bonds. The van der Waals surface area contributed by atoms with Crippen molar-refractivity contribution in [3.05, 3.63) is 12.7 Å². The van der Waals surface area contributed by atoms with E-state index in [1.165, 1.54) is 6.08 Å². The quantitative estimate of drug-likeness (QED) is 0.603. The lowest BCUT2D eigenvalue weighted by Gasteiger charge is -2.20. The molecule has 0 atom stereocenters. The van der Waals surface area contributed by atoms with Gasteiger partial charge in [0.1, 0.15) is 0 Å². The van der Waals surface area contributed by atoms with Gasteiger partial charge in [0, 0.05) is 13.1 Å². The minimum absolute atomic E-state index is 0.0156. The third-order valence-corrected chi connectivity index (χ3v) is 1.90. The third kappa shape index (κ3) is 5.42. The first kappa shape index (κ1) is 12.2. The van der Waals surface area contributed by atoms with Crippen molar-refractivity contribution in [2.24, 2.45) is 5.73 Å². The summed E-state index contributed by atoms with van der Waals surface area (Å²) in [7, 11) is 0. The number of hydrogen-bond acceptors (Lipinski definition) is 2. The molecule has 3 nitrogen and oxygen atoms in total. The Balaban J connectivity index is 3.86. The lowest BCUT2D eigenvalue weighted by molar-refractivity contribution is -0.126. The predicted octanol–water partition coefficient (Wildman–Crippen LogP) is 1.15. The number of nitrogens with zero attached hydrogens (tertiary/aromatic N) is 1. The van der Waals surface area contributed by atoms with E-state index >= 15 is 0 Å². The summed E-state index contributed by atoms with van der Waals surface area (Å²) in [5.74, 6) is 0.0156. The highest BCUT2D eigenvalue weighted by molar-refractivity contribution is 5.86. The number of carbonyl (C=O) groups is 1. The van der Waals surface area contributed by atoms with E-state index in [4.69, 9.17) is 5.73 Å². The molecule has 0 heterocycles. The highest BCUT2D eigenvalue weighted by atomic mass is 16.2. The number of nitrogens with two attached hydrogens (primary N) is 1. The van der Waals surface area contributed by atoms with Gasteiger partial charge in [-0.15, -0.1) is 0 Å². The first-order valence-electron chi connectivity index (χ1n) is 4.87. The van der Waals surface area contributed by atoms with Crippen molar-refractivity contribution < 1.29 is 4.79 Å². The third-order valence-electron chi connectivity index (χ3n) is 1.90. The Morgan fingerprint density at radius 3 is 2.54 bits per heavy atom. The molecule has 0 aliphatic heterocycles. The van der Waals surface area contributed by atoms with Crippen molar-refractivity contribution in [1.82, 2.24) is 4.90 Å². The zero-order valence-corrected chi connectivity index (χ0v) is 8.46. The summed E-state index contributed by atoms with van der Waals surface area (Å²) in [6.45, 7) is 7.79. The van der Waals surface area contributed by atoms with E-state index in [9.17, 15) is 4.79 Å². The van der Waals surface area contributed by atoms with Gasteiger partial charge in [0.05, 0.1) is 0 Å². The molecular weight excluding hydrogens is 164 g/mol. The molecule has 2 N–H and O–H groups in total. The molecule has 0 fully saturated rings. The Morgan fingerprint density at radius 2 is 2.08 bits per heavy atom. The molecule has 0 aliphatic rings. The fourth-order valence-corrected chi connectivity index (χ4v) is 1.09. The van der Waals surface area contributed by atoms with Crippen molar-refractivity contribution in [2.75, 3.05) is 19.6 Å². The van der Waals surface area contributed by atoms with Crippen LogP contribution >= 0.6 is 0 Å². The molecule has 0 rings (SSSR count). The summed E-state index contributed by atoms with van der Waals surface area (Å²) >= 11 is 0. The monoisotopic (exact) mass is 184 g/mol. The number of rotatable bonds is 7. The number of carbonyl (C=O) groups excluding carboxylic acids is 1. The summed E-state index contributed by atoms with van der Waals surface area (Å²) in [6.07, 6.45) is 4.38. The molecule has 0 aliphatic carbocycles. The Hall–Kier alpha value is -0.830. The standard InChI is InChI=1S/C10H20N2O/c1-3-5-8-12(9-6-7-11)10(13)4-2/h4H,2-3,5-9,11H2,1H3. The van der Waals surface area contributed by atoms with Gasteiger partial charge in [-0.3, -0.25) is 4.79 Å². The SMILES string of the molecule is C=CC(=O)N(CCCC)CCCN. The van der Waals surface area contributed by atoms with Crippen molar-refractivity contribution in [3.63, 3.8) is 0 Å². The topological polar surface area (TPSA) is 46.3 Å². The van der Waals surface area contributed by atoms with Crippen molar-refractivity contribution in [3.8, 4) is 0 Å². The normalized spacial score (nSPS) is 9.69.